The number of hydrogen-bond donors (Lipinski definition) is 0. The molecular formula is C24H23N5O. The second kappa shape index (κ2) is 7.43. The van der Waals surface area contributed by atoms with Gasteiger partial charge in [0.2, 0.25) is 0 Å². The summed E-state index contributed by atoms with van der Waals surface area (Å²) in [5.41, 5.74) is 3.33. The molecule has 30 heavy (non-hydrogen) atoms. The maximum absolute atomic E-state index is 13.2. The lowest BCUT2D eigenvalue weighted by molar-refractivity contribution is 0.0989. The highest BCUT2D eigenvalue weighted by Crippen LogP contribution is 2.36. The van der Waals surface area contributed by atoms with Gasteiger partial charge in [0.05, 0.1) is 11.6 Å². The minimum Gasteiger partial charge on any atom is -0.354 e. The lowest BCUT2D eigenvalue weighted by atomic mass is 10.0. The largest absolute Gasteiger partial charge is 0.354 e. The first-order valence-corrected chi connectivity index (χ1v) is 10.3. The molecule has 3 heterocycles. The average Bonchev–Trinajstić information content (AvgIpc) is 3.20. The van der Waals surface area contributed by atoms with E-state index in [0.717, 1.165) is 49.5 Å². The van der Waals surface area contributed by atoms with Crippen LogP contribution in [0.15, 0.2) is 48.7 Å². The summed E-state index contributed by atoms with van der Waals surface area (Å²) < 4.78 is 0. The van der Waals surface area contributed by atoms with E-state index < -0.39 is 0 Å². The summed E-state index contributed by atoms with van der Waals surface area (Å²) in [5, 5.41) is 11.3. The zero-order valence-corrected chi connectivity index (χ0v) is 17.0. The Balaban J connectivity index is 1.52. The fraction of sp³-hybridized carbons (Fsp3) is 0.292. The van der Waals surface area contributed by atoms with Gasteiger partial charge >= 0.3 is 0 Å². The molecule has 2 aromatic carbocycles. The molecule has 2 aliphatic rings. The molecule has 0 bridgehead atoms. The predicted octanol–water partition coefficient (Wildman–Crippen LogP) is 3.06. The molecule has 1 aromatic heterocycles. The van der Waals surface area contributed by atoms with E-state index in [9.17, 15) is 4.79 Å². The van der Waals surface area contributed by atoms with Crippen molar-refractivity contribution < 1.29 is 4.79 Å². The SMILES string of the molecule is CN1CCN(c2nccc3cc4c(cc23)N(C(=O)c2ccc(C#N)cc2)CC4)CC1. The standard InChI is InChI=1S/C24H23N5O/c1-27-10-12-28(13-11-27)23-21-15-22-20(14-19(21)6-8-26-23)7-9-29(22)24(30)18-4-2-17(16-25)3-5-18/h2-6,8,14-15H,7,9-13H2,1H3. The van der Waals surface area contributed by atoms with Gasteiger partial charge in [-0.05, 0) is 66.9 Å². The molecule has 3 aromatic rings. The molecule has 0 unspecified atom stereocenters. The molecule has 1 fully saturated rings. The fourth-order valence-electron chi connectivity index (χ4n) is 4.37. The predicted molar refractivity (Wildman–Crippen MR) is 118 cm³/mol. The average molecular weight is 397 g/mol. The van der Waals surface area contributed by atoms with Crippen LogP contribution in [0.2, 0.25) is 0 Å². The van der Waals surface area contributed by atoms with E-state index in [2.05, 4.69) is 41.1 Å². The van der Waals surface area contributed by atoms with E-state index in [1.165, 1.54) is 10.9 Å². The number of carbonyl (C=O) groups is 1. The van der Waals surface area contributed by atoms with E-state index >= 15 is 0 Å². The number of piperazine rings is 1. The van der Waals surface area contributed by atoms with Crippen molar-refractivity contribution in [2.24, 2.45) is 0 Å². The van der Waals surface area contributed by atoms with Gasteiger partial charge in [0, 0.05) is 55.6 Å². The first kappa shape index (κ1) is 18.6. The molecule has 0 N–H and O–H groups in total. The molecule has 0 saturated carbocycles. The number of aromatic nitrogens is 1. The number of pyridine rings is 1. The second-order valence-electron chi connectivity index (χ2n) is 8.02. The van der Waals surface area contributed by atoms with Crippen LogP contribution in [0.25, 0.3) is 10.8 Å². The number of nitriles is 1. The molecule has 6 nitrogen and oxygen atoms in total. The van der Waals surface area contributed by atoms with Crippen molar-refractivity contribution >= 4 is 28.2 Å². The zero-order chi connectivity index (χ0) is 20.7. The van der Waals surface area contributed by atoms with Gasteiger partial charge in [0.1, 0.15) is 5.82 Å². The number of hydrogen-bond acceptors (Lipinski definition) is 5. The van der Waals surface area contributed by atoms with Gasteiger partial charge < -0.3 is 14.7 Å². The van der Waals surface area contributed by atoms with Crippen molar-refractivity contribution in [1.29, 1.82) is 5.26 Å². The van der Waals surface area contributed by atoms with Crippen LogP contribution in [0.5, 0.6) is 0 Å². The molecular weight excluding hydrogens is 374 g/mol. The zero-order valence-electron chi connectivity index (χ0n) is 17.0. The second-order valence-corrected chi connectivity index (χ2v) is 8.02. The van der Waals surface area contributed by atoms with Crippen molar-refractivity contribution in [3.63, 3.8) is 0 Å². The van der Waals surface area contributed by atoms with Gasteiger partial charge in [0.15, 0.2) is 0 Å². The first-order valence-electron chi connectivity index (χ1n) is 10.3. The number of nitrogens with zero attached hydrogens (tertiary/aromatic N) is 5. The summed E-state index contributed by atoms with van der Waals surface area (Å²) >= 11 is 0. The molecule has 1 saturated heterocycles. The van der Waals surface area contributed by atoms with Crippen LogP contribution < -0.4 is 9.80 Å². The number of amides is 1. The van der Waals surface area contributed by atoms with Crippen LogP contribution in [0, 0.1) is 11.3 Å². The Hall–Kier alpha value is -3.43. The highest BCUT2D eigenvalue weighted by Gasteiger charge is 2.27. The maximum Gasteiger partial charge on any atom is 0.258 e. The lowest BCUT2D eigenvalue weighted by Crippen LogP contribution is -2.44. The number of likely N-dealkylation sites (N-methyl/N-ethyl adjacent to an activating group) is 1. The van der Waals surface area contributed by atoms with Crippen molar-refractivity contribution in [3.8, 4) is 6.07 Å². The summed E-state index contributed by atoms with van der Waals surface area (Å²) in [6.07, 6.45) is 2.73. The van der Waals surface area contributed by atoms with Crippen molar-refractivity contribution in [2.45, 2.75) is 6.42 Å². The Morgan fingerprint density at radius 2 is 1.80 bits per heavy atom. The van der Waals surface area contributed by atoms with Gasteiger partial charge in [0.25, 0.3) is 5.91 Å². The van der Waals surface area contributed by atoms with E-state index in [1.807, 2.05) is 11.1 Å². The molecule has 2 aliphatic heterocycles. The minimum atomic E-state index is -0.0253. The highest BCUT2D eigenvalue weighted by atomic mass is 16.2. The van der Waals surface area contributed by atoms with Gasteiger partial charge in [-0.3, -0.25) is 4.79 Å². The van der Waals surface area contributed by atoms with Crippen LogP contribution in [-0.2, 0) is 6.42 Å². The Bertz CT molecular complexity index is 1160. The number of fused-ring (bicyclic) bond motifs is 2. The molecule has 5 rings (SSSR count). The minimum absolute atomic E-state index is 0.0253. The number of carbonyl (C=O) groups excluding carboxylic acids is 1. The Kier molecular flexibility index (Phi) is 4.61. The Morgan fingerprint density at radius 3 is 2.53 bits per heavy atom. The first-order chi connectivity index (χ1) is 14.6. The van der Waals surface area contributed by atoms with E-state index in [0.29, 0.717) is 17.7 Å². The van der Waals surface area contributed by atoms with Gasteiger partial charge in [-0.2, -0.15) is 5.26 Å². The van der Waals surface area contributed by atoms with Crippen molar-refractivity contribution in [2.75, 3.05) is 49.6 Å². The smallest absolute Gasteiger partial charge is 0.258 e. The molecule has 0 aliphatic carbocycles. The third kappa shape index (κ3) is 3.17. The van der Waals surface area contributed by atoms with Crippen LogP contribution in [0.3, 0.4) is 0 Å². The lowest BCUT2D eigenvalue weighted by Gasteiger charge is -2.34. The van der Waals surface area contributed by atoms with E-state index in [4.69, 9.17) is 10.2 Å². The number of benzene rings is 2. The summed E-state index contributed by atoms with van der Waals surface area (Å²) in [7, 11) is 2.15. The summed E-state index contributed by atoms with van der Waals surface area (Å²) in [6, 6.07) is 15.4. The van der Waals surface area contributed by atoms with Gasteiger partial charge in [-0.1, -0.05) is 0 Å². The number of anilines is 2. The van der Waals surface area contributed by atoms with E-state index in [-0.39, 0.29) is 5.91 Å². The Morgan fingerprint density at radius 1 is 1.03 bits per heavy atom. The Labute approximate surface area is 175 Å². The quantitative estimate of drug-likeness (QED) is 0.665. The van der Waals surface area contributed by atoms with Crippen LogP contribution in [0.4, 0.5) is 11.5 Å². The van der Waals surface area contributed by atoms with Gasteiger partial charge in [-0.15, -0.1) is 0 Å². The topological polar surface area (TPSA) is 63.5 Å². The molecule has 150 valence electrons. The summed E-state index contributed by atoms with van der Waals surface area (Å²) in [5.74, 6) is 0.976. The third-order valence-electron chi connectivity index (χ3n) is 6.15. The third-order valence-corrected chi connectivity index (χ3v) is 6.15. The fourth-order valence-corrected chi connectivity index (χ4v) is 4.37. The van der Waals surface area contributed by atoms with Crippen LogP contribution in [-0.4, -0.2) is 55.6 Å². The molecule has 0 atom stereocenters. The number of rotatable bonds is 2. The van der Waals surface area contributed by atoms with Crippen molar-refractivity contribution in [1.82, 2.24) is 9.88 Å². The molecule has 6 heteroatoms. The van der Waals surface area contributed by atoms with Crippen LogP contribution >= 0.6 is 0 Å². The van der Waals surface area contributed by atoms with Gasteiger partial charge in [-0.25, -0.2) is 4.98 Å². The summed E-state index contributed by atoms with van der Waals surface area (Å²) in [6.45, 7) is 4.61. The molecule has 0 spiro atoms. The summed E-state index contributed by atoms with van der Waals surface area (Å²) in [4.78, 5) is 24.4. The highest BCUT2D eigenvalue weighted by molar-refractivity contribution is 6.09. The van der Waals surface area contributed by atoms with Crippen molar-refractivity contribution in [3.05, 3.63) is 65.4 Å². The maximum atomic E-state index is 13.2. The van der Waals surface area contributed by atoms with Crippen LogP contribution in [0.1, 0.15) is 21.5 Å². The van der Waals surface area contributed by atoms with E-state index in [1.54, 1.807) is 24.3 Å². The normalized spacial score (nSPS) is 16.5. The monoisotopic (exact) mass is 397 g/mol. The molecule has 0 radical (unpaired) electrons. The molecule has 1 amide bonds.